The average Bonchev–Trinajstić information content (AvgIpc) is 2.51. The van der Waals surface area contributed by atoms with Crippen molar-refractivity contribution in [3.05, 3.63) is 33.9 Å². The first-order chi connectivity index (χ1) is 11.0. The van der Waals surface area contributed by atoms with Crippen molar-refractivity contribution >= 4 is 17.2 Å². The molecule has 0 amide bonds. The normalized spacial score (nSPS) is 17.0. The molecule has 0 aromatic heterocycles. The Kier molecular flexibility index (Phi) is 6.13. The Hall–Kier alpha value is -1.91. The van der Waals surface area contributed by atoms with Gasteiger partial charge in [-0.3, -0.25) is 14.9 Å². The number of fused-ring (bicyclic) bond motifs is 1. The molecule has 5 nitrogen and oxygen atoms in total. The highest BCUT2D eigenvalue weighted by atomic mass is 16.6. The molecule has 0 fully saturated rings. The van der Waals surface area contributed by atoms with E-state index in [9.17, 15) is 14.9 Å². The quantitative estimate of drug-likeness (QED) is 0.408. The molecule has 0 saturated carbocycles. The standard InChI is InChI=1S/C18H26N2O3/c1-3-4-5-6-11-19-16(12-14(2)21)8-7-15-13-17(20(22)23)9-10-18(15)19/h9-10,13,16H,3-8,11-12H2,1-2H3/t16-/m1/s1. The number of ketones is 1. The predicted octanol–water partition coefficient (Wildman–Crippen LogP) is 4.28. The molecule has 0 aliphatic carbocycles. The Morgan fingerprint density at radius 2 is 2.13 bits per heavy atom. The lowest BCUT2D eigenvalue weighted by Crippen LogP contribution is -2.41. The van der Waals surface area contributed by atoms with Crippen molar-refractivity contribution in [2.24, 2.45) is 0 Å². The molecule has 0 radical (unpaired) electrons. The molecular weight excluding hydrogens is 292 g/mol. The monoisotopic (exact) mass is 318 g/mol. The molecule has 1 aliphatic rings. The summed E-state index contributed by atoms with van der Waals surface area (Å²) in [4.78, 5) is 24.5. The van der Waals surface area contributed by atoms with Crippen molar-refractivity contribution in [1.29, 1.82) is 0 Å². The van der Waals surface area contributed by atoms with Gasteiger partial charge in [0.05, 0.1) is 4.92 Å². The zero-order valence-corrected chi connectivity index (χ0v) is 14.1. The van der Waals surface area contributed by atoms with E-state index in [0.717, 1.165) is 37.1 Å². The molecule has 23 heavy (non-hydrogen) atoms. The molecule has 1 aliphatic heterocycles. The van der Waals surface area contributed by atoms with Crippen LogP contribution in [0.4, 0.5) is 11.4 Å². The van der Waals surface area contributed by atoms with E-state index in [2.05, 4.69) is 11.8 Å². The maximum atomic E-state index is 11.6. The molecule has 0 saturated heterocycles. The Labute approximate surface area is 137 Å². The summed E-state index contributed by atoms with van der Waals surface area (Å²) in [6, 6.07) is 5.36. The SMILES string of the molecule is CCCCCCN1c2ccc([N+](=O)[O-])cc2CC[C@@H]1CC(C)=O. The number of nitro benzene ring substituents is 1. The summed E-state index contributed by atoms with van der Waals surface area (Å²) in [7, 11) is 0. The van der Waals surface area contributed by atoms with Crippen molar-refractivity contribution in [3.63, 3.8) is 0 Å². The molecule has 0 spiro atoms. The number of aryl methyl sites for hydroxylation is 1. The van der Waals surface area contributed by atoms with Crippen LogP contribution in [0.2, 0.25) is 0 Å². The molecule has 5 heteroatoms. The third-order valence-corrected chi connectivity index (χ3v) is 4.55. The molecule has 1 heterocycles. The summed E-state index contributed by atoms with van der Waals surface area (Å²) < 4.78 is 0. The minimum atomic E-state index is -0.340. The van der Waals surface area contributed by atoms with E-state index in [1.807, 2.05) is 6.07 Å². The molecule has 0 unspecified atom stereocenters. The fourth-order valence-electron chi connectivity index (χ4n) is 3.40. The maximum Gasteiger partial charge on any atom is 0.269 e. The number of hydrogen-bond donors (Lipinski definition) is 0. The molecule has 2 rings (SSSR count). The maximum absolute atomic E-state index is 11.6. The zero-order chi connectivity index (χ0) is 16.8. The third kappa shape index (κ3) is 4.53. The highest BCUT2D eigenvalue weighted by molar-refractivity contribution is 5.77. The first-order valence-corrected chi connectivity index (χ1v) is 8.56. The minimum Gasteiger partial charge on any atom is -0.368 e. The van der Waals surface area contributed by atoms with E-state index >= 15 is 0 Å². The Morgan fingerprint density at radius 3 is 2.78 bits per heavy atom. The Morgan fingerprint density at radius 1 is 1.35 bits per heavy atom. The molecule has 126 valence electrons. The lowest BCUT2D eigenvalue weighted by atomic mass is 9.92. The topological polar surface area (TPSA) is 63.4 Å². The van der Waals surface area contributed by atoms with Crippen LogP contribution in [0.15, 0.2) is 18.2 Å². The van der Waals surface area contributed by atoms with Crippen LogP contribution < -0.4 is 4.90 Å². The van der Waals surface area contributed by atoms with Crippen LogP contribution in [-0.2, 0) is 11.2 Å². The van der Waals surface area contributed by atoms with E-state index in [1.165, 1.54) is 19.3 Å². The largest absolute Gasteiger partial charge is 0.368 e. The van der Waals surface area contributed by atoms with Crippen LogP contribution in [0, 0.1) is 10.1 Å². The van der Waals surface area contributed by atoms with Gasteiger partial charge in [-0.15, -0.1) is 0 Å². The second-order valence-corrected chi connectivity index (χ2v) is 6.42. The Balaban J connectivity index is 2.20. The lowest BCUT2D eigenvalue weighted by Gasteiger charge is -2.38. The second kappa shape index (κ2) is 8.09. The summed E-state index contributed by atoms with van der Waals surface area (Å²) >= 11 is 0. The Bertz CT molecular complexity index is 571. The number of nitro groups is 1. The van der Waals surface area contributed by atoms with Gasteiger partial charge in [-0.2, -0.15) is 0 Å². The molecule has 1 aromatic carbocycles. The number of hydrogen-bond acceptors (Lipinski definition) is 4. The smallest absolute Gasteiger partial charge is 0.269 e. The summed E-state index contributed by atoms with van der Waals surface area (Å²) in [6.07, 6.45) is 6.95. The van der Waals surface area contributed by atoms with Gasteiger partial charge in [0.1, 0.15) is 5.78 Å². The van der Waals surface area contributed by atoms with Crippen LogP contribution in [0.3, 0.4) is 0 Å². The fourth-order valence-corrected chi connectivity index (χ4v) is 3.40. The van der Waals surface area contributed by atoms with E-state index in [4.69, 9.17) is 0 Å². The molecule has 0 N–H and O–H groups in total. The van der Waals surface area contributed by atoms with Crippen molar-refractivity contribution in [3.8, 4) is 0 Å². The van der Waals surface area contributed by atoms with Gasteiger partial charge < -0.3 is 4.90 Å². The van der Waals surface area contributed by atoms with Crippen LogP contribution in [0.1, 0.15) is 57.9 Å². The number of Topliss-reactive ketones (excluding diaryl/α,β-unsaturated/α-hetero) is 1. The van der Waals surface area contributed by atoms with Crippen LogP contribution in [0.5, 0.6) is 0 Å². The van der Waals surface area contributed by atoms with Gasteiger partial charge >= 0.3 is 0 Å². The van der Waals surface area contributed by atoms with Gasteiger partial charge in [0.15, 0.2) is 0 Å². The number of anilines is 1. The number of benzene rings is 1. The van der Waals surface area contributed by atoms with Gasteiger partial charge in [-0.05, 0) is 37.8 Å². The predicted molar refractivity (Wildman–Crippen MR) is 92.0 cm³/mol. The first-order valence-electron chi connectivity index (χ1n) is 8.56. The number of carbonyl (C=O) groups is 1. The van der Waals surface area contributed by atoms with Crippen molar-refractivity contribution < 1.29 is 9.72 Å². The van der Waals surface area contributed by atoms with Gasteiger partial charge in [0.2, 0.25) is 0 Å². The van der Waals surface area contributed by atoms with Crippen LogP contribution >= 0.6 is 0 Å². The third-order valence-electron chi connectivity index (χ3n) is 4.55. The number of nitrogens with zero attached hydrogens (tertiary/aromatic N) is 2. The zero-order valence-electron chi connectivity index (χ0n) is 14.1. The van der Waals surface area contributed by atoms with E-state index < -0.39 is 0 Å². The second-order valence-electron chi connectivity index (χ2n) is 6.42. The number of carbonyl (C=O) groups excluding carboxylic acids is 1. The van der Waals surface area contributed by atoms with Gasteiger partial charge in [0, 0.05) is 36.8 Å². The summed E-state index contributed by atoms with van der Waals surface area (Å²) in [5.41, 5.74) is 2.26. The van der Waals surface area contributed by atoms with E-state index in [0.29, 0.717) is 6.42 Å². The summed E-state index contributed by atoms with van der Waals surface area (Å²) in [6.45, 7) is 4.75. The fraction of sp³-hybridized carbons (Fsp3) is 0.611. The summed E-state index contributed by atoms with van der Waals surface area (Å²) in [5.74, 6) is 0.207. The number of non-ortho nitro benzene ring substituents is 1. The van der Waals surface area contributed by atoms with Crippen molar-refractivity contribution in [2.45, 2.75) is 64.8 Å². The number of unbranched alkanes of at least 4 members (excludes halogenated alkanes) is 3. The summed E-state index contributed by atoms with van der Waals surface area (Å²) in [5, 5.41) is 11.0. The van der Waals surface area contributed by atoms with Gasteiger partial charge in [-0.25, -0.2) is 0 Å². The molecular formula is C18H26N2O3. The average molecular weight is 318 g/mol. The van der Waals surface area contributed by atoms with Crippen molar-refractivity contribution in [2.75, 3.05) is 11.4 Å². The molecule has 0 bridgehead atoms. The van der Waals surface area contributed by atoms with E-state index in [1.54, 1.807) is 19.1 Å². The van der Waals surface area contributed by atoms with E-state index in [-0.39, 0.29) is 22.4 Å². The number of rotatable bonds is 8. The first kappa shape index (κ1) is 17.4. The molecule has 1 atom stereocenters. The highest BCUT2D eigenvalue weighted by Crippen LogP contribution is 2.34. The minimum absolute atomic E-state index is 0.153. The molecule has 1 aromatic rings. The highest BCUT2D eigenvalue weighted by Gasteiger charge is 2.28. The van der Waals surface area contributed by atoms with Gasteiger partial charge in [0.25, 0.3) is 5.69 Å². The van der Waals surface area contributed by atoms with Crippen LogP contribution in [0.25, 0.3) is 0 Å². The lowest BCUT2D eigenvalue weighted by molar-refractivity contribution is -0.384. The van der Waals surface area contributed by atoms with Crippen molar-refractivity contribution in [1.82, 2.24) is 0 Å². The van der Waals surface area contributed by atoms with Gasteiger partial charge in [-0.1, -0.05) is 26.2 Å². The van der Waals surface area contributed by atoms with Crippen LogP contribution in [-0.4, -0.2) is 23.3 Å².